The van der Waals surface area contributed by atoms with Crippen LogP contribution in [0, 0.1) is 12.8 Å². The van der Waals surface area contributed by atoms with Gasteiger partial charge >= 0.3 is 0 Å². The molecule has 0 aromatic carbocycles. The fraction of sp³-hybridized carbons (Fsp3) is 0.643. The van der Waals surface area contributed by atoms with Gasteiger partial charge < -0.3 is 5.32 Å². The number of hydrogen-bond donors (Lipinski definition) is 1. The maximum absolute atomic E-state index is 4.58. The van der Waals surface area contributed by atoms with E-state index in [9.17, 15) is 0 Å². The van der Waals surface area contributed by atoms with E-state index < -0.39 is 0 Å². The summed E-state index contributed by atoms with van der Waals surface area (Å²) >= 11 is 0. The highest BCUT2D eigenvalue weighted by Crippen LogP contribution is 2.19. The molecule has 2 nitrogen and oxygen atoms in total. The third-order valence-corrected chi connectivity index (χ3v) is 2.89. The highest BCUT2D eigenvalue weighted by Gasteiger charge is 2.10. The third-order valence-electron chi connectivity index (χ3n) is 2.89. The van der Waals surface area contributed by atoms with E-state index in [0.29, 0.717) is 6.04 Å². The Kier molecular flexibility index (Phi) is 5.47. The maximum Gasteiger partial charge on any atom is 0.0576 e. The summed E-state index contributed by atoms with van der Waals surface area (Å²) < 4.78 is 0. The number of pyridine rings is 1. The lowest BCUT2D eigenvalue weighted by molar-refractivity contribution is 0.464. The Balaban J connectivity index is 2.53. The molecular formula is C14H24N2. The first-order valence-electron chi connectivity index (χ1n) is 6.24. The minimum Gasteiger partial charge on any atom is -0.312 e. The quantitative estimate of drug-likeness (QED) is 0.794. The van der Waals surface area contributed by atoms with E-state index in [1.165, 1.54) is 25.0 Å². The van der Waals surface area contributed by atoms with Gasteiger partial charge in [-0.2, -0.15) is 0 Å². The average molecular weight is 220 g/mol. The number of aromatic nitrogens is 1. The van der Waals surface area contributed by atoms with Gasteiger partial charge in [-0.05, 0) is 38.4 Å². The number of nitrogens with zero attached hydrogens (tertiary/aromatic N) is 1. The Morgan fingerprint density at radius 1 is 1.25 bits per heavy atom. The van der Waals surface area contributed by atoms with Crippen LogP contribution < -0.4 is 5.32 Å². The molecule has 0 spiro atoms. The highest BCUT2D eigenvalue weighted by atomic mass is 14.9. The van der Waals surface area contributed by atoms with E-state index in [1.54, 1.807) is 0 Å². The van der Waals surface area contributed by atoms with Crippen LogP contribution in [0.4, 0.5) is 0 Å². The Labute approximate surface area is 99.5 Å². The summed E-state index contributed by atoms with van der Waals surface area (Å²) in [4.78, 5) is 4.58. The summed E-state index contributed by atoms with van der Waals surface area (Å²) in [7, 11) is 2.02. The minimum absolute atomic E-state index is 0.402. The summed E-state index contributed by atoms with van der Waals surface area (Å²) in [6.45, 7) is 6.60. The Morgan fingerprint density at radius 2 is 2.00 bits per heavy atom. The van der Waals surface area contributed by atoms with E-state index in [-0.39, 0.29) is 0 Å². The fourth-order valence-electron chi connectivity index (χ4n) is 1.93. The van der Waals surface area contributed by atoms with Gasteiger partial charge in [0.1, 0.15) is 0 Å². The second-order valence-corrected chi connectivity index (χ2v) is 4.87. The van der Waals surface area contributed by atoms with Crippen LogP contribution in [0.3, 0.4) is 0 Å². The topological polar surface area (TPSA) is 24.9 Å². The average Bonchev–Trinajstić information content (AvgIpc) is 2.24. The molecule has 1 unspecified atom stereocenters. The van der Waals surface area contributed by atoms with Gasteiger partial charge in [0.05, 0.1) is 5.69 Å². The second kappa shape index (κ2) is 6.64. The first-order chi connectivity index (χ1) is 7.63. The lowest BCUT2D eigenvalue weighted by atomic mass is 10.0. The van der Waals surface area contributed by atoms with Crippen molar-refractivity contribution < 1.29 is 0 Å². The normalized spacial score (nSPS) is 13.1. The van der Waals surface area contributed by atoms with Crippen LogP contribution in [0.2, 0.25) is 0 Å². The van der Waals surface area contributed by atoms with Crippen molar-refractivity contribution in [3.8, 4) is 0 Å². The monoisotopic (exact) mass is 220 g/mol. The molecule has 1 N–H and O–H groups in total. The van der Waals surface area contributed by atoms with E-state index >= 15 is 0 Å². The third kappa shape index (κ3) is 4.31. The number of rotatable bonds is 6. The summed E-state index contributed by atoms with van der Waals surface area (Å²) in [6, 6.07) is 6.65. The fourth-order valence-corrected chi connectivity index (χ4v) is 1.93. The van der Waals surface area contributed by atoms with Crippen molar-refractivity contribution in [3.05, 3.63) is 29.6 Å². The van der Waals surface area contributed by atoms with E-state index in [0.717, 1.165) is 11.6 Å². The lowest BCUT2D eigenvalue weighted by Gasteiger charge is -2.16. The van der Waals surface area contributed by atoms with Crippen molar-refractivity contribution in [1.82, 2.24) is 10.3 Å². The van der Waals surface area contributed by atoms with Crippen molar-refractivity contribution >= 4 is 0 Å². The molecule has 1 aromatic heterocycles. The van der Waals surface area contributed by atoms with Gasteiger partial charge in [0.2, 0.25) is 0 Å². The van der Waals surface area contributed by atoms with Crippen molar-refractivity contribution in [2.45, 2.75) is 46.1 Å². The summed E-state index contributed by atoms with van der Waals surface area (Å²) in [5, 5.41) is 3.36. The Morgan fingerprint density at radius 3 is 2.56 bits per heavy atom. The molecule has 0 saturated heterocycles. The molecule has 0 amide bonds. The van der Waals surface area contributed by atoms with Crippen LogP contribution in [0.5, 0.6) is 0 Å². The maximum atomic E-state index is 4.58. The lowest BCUT2D eigenvalue weighted by Crippen LogP contribution is -2.18. The smallest absolute Gasteiger partial charge is 0.0576 e. The Bertz CT molecular complexity index is 307. The number of hydrogen-bond acceptors (Lipinski definition) is 2. The first-order valence-corrected chi connectivity index (χ1v) is 6.24. The summed E-state index contributed by atoms with van der Waals surface area (Å²) in [6.07, 6.45) is 3.73. The molecule has 1 rings (SSSR count). The van der Waals surface area contributed by atoms with Gasteiger partial charge in [-0.3, -0.25) is 4.98 Å². The van der Waals surface area contributed by atoms with Crippen LogP contribution in [-0.4, -0.2) is 12.0 Å². The zero-order chi connectivity index (χ0) is 12.0. The molecule has 2 heteroatoms. The molecule has 0 saturated carbocycles. The molecule has 1 heterocycles. The second-order valence-electron chi connectivity index (χ2n) is 4.87. The predicted octanol–water partition coefficient (Wildman–Crippen LogP) is 3.48. The SMILES string of the molecule is CNC(CCCC(C)C)c1cccc(C)n1. The zero-order valence-corrected chi connectivity index (χ0v) is 11.0. The van der Waals surface area contributed by atoms with Crippen LogP contribution >= 0.6 is 0 Å². The number of aryl methyl sites for hydroxylation is 1. The Hall–Kier alpha value is -0.890. The molecule has 1 aromatic rings. The van der Waals surface area contributed by atoms with Crippen LogP contribution in [0.25, 0.3) is 0 Å². The molecule has 0 bridgehead atoms. The molecule has 1 atom stereocenters. The first kappa shape index (κ1) is 13.2. The van der Waals surface area contributed by atoms with Crippen LogP contribution in [-0.2, 0) is 0 Å². The van der Waals surface area contributed by atoms with E-state index in [2.05, 4.69) is 36.3 Å². The largest absolute Gasteiger partial charge is 0.312 e. The van der Waals surface area contributed by atoms with Gasteiger partial charge in [0.15, 0.2) is 0 Å². The van der Waals surface area contributed by atoms with Gasteiger partial charge in [-0.15, -0.1) is 0 Å². The van der Waals surface area contributed by atoms with Gasteiger partial charge in [0.25, 0.3) is 0 Å². The van der Waals surface area contributed by atoms with Crippen molar-refractivity contribution in [2.75, 3.05) is 7.05 Å². The summed E-state index contributed by atoms with van der Waals surface area (Å²) in [5.74, 6) is 0.794. The summed E-state index contributed by atoms with van der Waals surface area (Å²) in [5.41, 5.74) is 2.27. The molecule has 0 fully saturated rings. The minimum atomic E-state index is 0.402. The van der Waals surface area contributed by atoms with E-state index in [4.69, 9.17) is 0 Å². The molecule has 0 radical (unpaired) electrons. The van der Waals surface area contributed by atoms with Crippen molar-refractivity contribution in [2.24, 2.45) is 5.92 Å². The number of nitrogens with one attached hydrogen (secondary N) is 1. The molecule has 0 aliphatic heterocycles. The van der Waals surface area contributed by atoms with E-state index in [1.807, 2.05) is 20.0 Å². The zero-order valence-electron chi connectivity index (χ0n) is 11.0. The predicted molar refractivity (Wildman–Crippen MR) is 69.5 cm³/mol. The standard InChI is InChI=1S/C14H24N2/c1-11(2)7-5-9-13(15-4)14-10-6-8-12(3)16-14/h6,8,10-11,13,15H,5,7,9H2,1-4H3. The van der Waals surface area contributed by atoms with Crippen molar-refractivity contribution in [1.29, 1.82) is 0 Å². The van der Waals surface area contributed by atoms with Gasteiger partial charge in [0, 0.05) is 11.7 Å². The van der Waals surface area contributed by atoms with Crippen LogP contribution in [0.15, 0.2) is 18.2 Å². The van der Waals surface area contributed by atoms with Gasteiger partial charge in [-0.1, -0.05) is 32.8 Å². The highest BCUT2D eigenvalue weighted by molar-refractivity contribution is 5.13. The molecular weight excluding hydrogens is 196 g/mol. The van der Waals surface area contributed by atoms with Gasteiger partial charge in [-0.25, -0.2) is 0 Å². The van der Waals surface area contributed by atoms with Crippen LogP contribution in [0.1, 0.15) is 50.5 Å². The molecule has 16 heavy (non-hydrogen) atoms. The molecule has 0 aliphatic rings. The molecule has 90 valence electrons. The molecule has 0 aliphatic carbocycles. The van der Waals surface area contributed by atoms with Crippen molar-refractivity contribution in [3.63, 3.8) is 0 Å².